The van der Waals surface area contributed by atoms with Gasteiger partial charge in [0.2, 0.25) is 0 Å². The van der Waals surface area contributed by atoms with Crippen LogP contribution in [0.2, 0.25) is 0 Å². The van der Waals surface area contributed by atoms with Crippen molar-refractivity contribution in [3.05, 3.63) is 64.6 Å². The SMILES string of the molecule is C=C(CNCCCC)N1CCC(c2ccc3[nH]c(C4=CNCC(C)=C4C)c(C(C)C)c3c2)CC1. The number of likely N-dealkylation sites (tertiary alicyclic amines) is 1. The predicted octanol–water partition coefficient (Wildman–Crippen LogP) is 6.65. The zero-order valence-corrected chi connectivity index (χ0v) is 22.0. The van der Waals surface area contributed by atoms with Crippen LogP contribution in [0, 0.1) is 0 Å². The van der Waals surface area contributed by atoms with E-state index in [1.54, 1.807) is 0 Å². The third-order valence-electron chi connectivity index (χ3n) is 7.82. The Labute approximate surface area is 206 Å². The number of aromatic amines is 1. The molecule has 4 nitrogen and oxygen atoms in total. The van der Waals surface area contributed by atoms with Gasteiger partial charge in [0.05, 0.1) is 5.69 Å². The topological polar surface area (TPSA) is 43.1 Å². The quantitative estimate of drug-likeness (QED) is 0.367. The first-order valence-electron chi connectivity index (χ1n) is 13.3. The molecule has 0 spiro atoms. The lowest BCUT2D eigenvalue weighted by Gasteiger charge is -2.35. The van der Waals surface area contributed by atoms with Crippen molar-refractivity contribution in [2.45, 2.75) is 72.1 Å². The predicted molar refractivity (Wildman–Crippen MR) is 147 cm³/mol. The van der Waals surface area contributed by atoms with Crippen LogP contribution < -0.4 is 10.6 Å². The number of hydrogen-bond acceptors (Lipinski definition) is 3. The highest BCUT2D eigenvalue weighted by Gasteiger charge is 2.24. The van der Waals surface area contributed by atoms with Gasteiger partial charge in [-0.25, -0.2) is 0 Å². The second-order valence-corrected chi connectivity index (χ2v) is 10.6. The molecule has 0 atom stereocenters. The van der Waals surface area contributed by atoms with Gasteiger partial charge in [-0.1, -0.05) is 45.4 Å². The monoisotopic (exact) mass is 460 g/mol. The van der Waals surface area contributed by atoms with Gasteiger partial charge in [-0.3, -0.25) is 0 Å². The van der Waals surface area contributed by atoms with Crippen LogP contribution in [0.5, 0.6) is 0 Å². The van der Waals surface area contributed by atoms with Crippen LogP contribution in [-0.4, -0.2) is 42.6 Å². The van der Waals surface area contributed by atoms with Gasteiger partial charge in [-0.2, -0.15) is 0 Å². The molecule has 0 unspecified atom stereocenters. The molecular weight excluding hydrogens is 416 g/mol. The van der Waals surface area contributed by atoms with E-state index < -0.39 is 0 Å². The van der Waals surface area contributed by atoms with Crippen LogP contribution in [0.1, 0.15) is 89.0 Å². The Balaban J connectivity index is 1.52. The number of nitrogens with one attached hydrogen (secondary N) is 3. The van der Waals surface area contributed by atoms with Crippen molar-refractivity contribution in [1.82, 2.24) is 20.5 Å². The first-order valence-corrected chi connectivity index (χ1v) is 13.3. The first-order chi connectivity index (χ1) is 16.4. The van der Waals surface area contributed by atoms with Gasteiger partial charge in [0, 0.05) is 54.6 Å². The molecule has 0 radical (unpaired) electrons. The molecule has 0 bridgehead atoms. The van der Waals surface area contributed by atoms with Crippen LogP contribution >= 0.6 is 0 Å². The Kier molecular flexibility index (Phi) is 7.88. The summed E-state index contributed by atoms with van der Waals surface area (Å²) >= 11 is 0. The molecule has 2 aromatic rings. The Hall–Kier alpha value is -2.46. The highest BCUT2D eigenvalue weighted by Crippen LogP contribution is 2.39. The smallest absolute Gasteiger partial charge is 0.0517 e. The summed E-state index contributed by atoms with van der Waals surface area (Å²) in [5.41, 5.74) is 10.8. The third kappa shape index (κ3) is 5.12. The summed E-state index contributed by atoms with van der Waals surface area (Å²) in [7, 11) is 0. The van der Waals surface area contributed by atoms with Crippen molar-refractivity contribution in [3.8, 4) is 0 Å². The van der Waals surface area contributed by atoms with Crippen molar-refractivity contribution in [1.29, 1.82) is 0 Å². The molecule has 34 heavy (non-hydrogen) atoms. The second kappa shape index (κ2) is 10.9. The normalized spacial score (nSPS) is 17.5. The number of rotatable bonds is 9. The van der Waals surface area contributed by atoms with E-state index in [1.807, 2.05) is 0 Å². The molecule has 4 rings (SSSR count). The summed E-state index contributed by atoms with van der Waals surface area (Å²) in [4.78, 5) is 6.27. The Morgan fingerprint density at radius 1 is 1.21 bits per heavy atom. The minimum atomic E-state index is 0.459. The highest BCUT2D eigenvalue weighted by atomic mass is 15.2. The molecule has 4 heteroatoms. The summed E-state index contributed by atoms with van der Waals surface area (Å²) in [6.45, 7) is 20.9. The van der Waals surface area contributed by atoms with Crippen LogP contribution in [0.25, 0.3) is 16.5 Å². The van der Waals surface area contributed by atoms with Crippen molar-refractivity contribution >= 4 is 16.5 Å². The minimum absolute atomic E-state index is 0.459. The maximum atomic E-state index is 4.35. The van der Waals surface area contributed by atoms with Crippen LogP contribution in [0.4, 0.5) is 0 Å². The molecule has 0 aliphatic carbocycles. The van der Waals surface area contributed by atoms with E-state index in [-0.39, 0.29) is 0 Å². The number of hydrogen-bond donors (Lipinski definition) is 3. The lowest BCUT2D eigenvalue weighted by Crippen LogP contribution is -2.35. The number of benzene rings is 1. The lowest BCUT2D eigenvalue weighted by molar-refractivity contribution is 0.258. The van der Waals surface area contributed by atoms with Gasteiger partial charge in [0.25, 0.3) is 0 Å². The number of unbranched alkanes of at least 4 members (excludes halogenated alkanes) is 1. The van der Waals surface area contributed by atoms with Crippen LogP contribution in [0.15, 0.2) is 47.8 Å². The van der Waals surface area contributed by atoms with Crippen molar-refractivity contribution in [2.24, 2.45) is 0 Å². The van der Waals surface area contributed by atoms with Crippen LogP contribution in [0.3, 0.4) is 0 Å². The number of nitrogens with zero attached hydrogens (tertiary/aromatic N) is 1. The molecule has 2 aliphatic rings. The molecule has 3 N–H and O–H groups in total. The maximum absolute atomic E-state index is 4.35. The van der Waals surface area contributed by atoms with Crippen molar-refractivity contribution < 1.29 is 0 Å². The molecule has 0 amide bonds. The molecule has 1 saturated heterocycles. The summed E-state index contributed by atoms with van der Waals surface area (Å²) in [5.74, 6) is 1.08. The first kappa shape index (κ1) is 24.7. The molecule has 1 aromatic carbocycles. The van der Waals surface area contributed by atoms with Gasteiger partial charge < -0.3 is 20.5 Å². The van der Waals surface area contributed by atoms with Gasteiger partial charge in [0.1, 0.15) is 0 Å². The van der Waals surface area contributed by atoms with Gasteiger partial charge in [-0.05, 0) is 80.3 Å². The number of dihydropyridines is 1. The minimum Gasteiger partial charge on any atom is -0.387 e. The molecule has 2 aliphatic heterocycles. The highest BCUT2D eigenvalue weighted by molar-refractivity contribution is 5.93. The number of aromatic nitrogens is 1. The molecular formula is C30H44N4. The van der Waals surface area contributed by atoms with Gasteiger partial charge in [-0.15, -0.1) is 0 Å². The number of allylic oxidation sites excluding steroid dienone is 2. The Morgan fingerprint density at radius 2 is 1.97 bits per heavy atom. The number of fused-ring (bicyclic) bond motifs is 1. The third-order valence-corrected chi connectivity index (χ3v) is 7.82. The van der Waals surface area contributed by atoms with Crippen molar-refractivity contribution in [2.75, 3.05) is 32.7 Å². The zero-order valence-electron chi connectivity index (χ0n) is 22.0. The fourth-order valence-corrected chi connectivity index (χ4v) is 5.51. The molecule has 1 fully saturated rings. The molecule has 1 aromatic heterocycles. The zero-order chi connectivity index (χ0) is 24.2. The number of H-pyrrole nitrogens is 1. The summed E-state index contributed by atoms with van der Waals surface area (Å²) in [6, 6.07) is 7.15. The lowest BCUT2D eigenvalue weighted by atomic mass is 9.87. The Bertz CT molecular complexity index is 1080. The summed E-state index contributed by atoms with van der Waals surface area (Å²) in [5, 5.41) is 8.40. The standard InChI is InChI=1S/C30H44N4/c1-7-8-13-31-18-22(5)34-14-11-24(12-15-34)25-9-10-28-26(16-25)29(20(2)3)30(33-28)27-19-32-17-21(4)23(27)6/h9-10,16,19-20,24,31-33H,5,7-8,11-15,17-18H2,1-4,6H3. The number of piperidine rings is 1. The Morgan fingerprint density at radius 3 is 2.68 bits per heavy atom. The van der Waals surface area contributed by atoms with Gasteiger partial charge >= 0.3 is 0 Å². The summed E-state index contributed by atoms with van der Waals surface area (Å²) < 4.78 is 0. The molecule has 184 valence electrons. The average Bonchev–Trinajstić information content (AvgIpc) is 3.22. The van der Waals surface area contributed by atoms with E-state index in [2.05, 4.69) is 86.1 Å². The van der Waals surface area contributed by atoms with E-state index in [1.165, 1.54) is 75.8 Å². The van der Waals surface area contributed by atoms with E-state index in [0.717, 1.165) is 32.7 Å². The second-order valence-electron chi connectivity index (χ2n) is 10.6. The molecule has 0 saturated carbocycles. The fourth-order valence-electron chi connectivity index (χ4n) is 5.51. The van der Waals surface area contributed by atoms with Crippen molar-refractivity contribution in [3.63, 3.8) is 0 Å². The van der Waals surface area contributed by atoms with E-state index >= 15 is 0 Å². The molecule has 3 heterocycles. The average molecular weight is 461 g/mol. The summed E-state index contributed by atoms with van der Waals surface area (Å²) in [6.07, 6.45) is 7.06. The van der Waals surface area contributed by atoms with E-state index in [4.69, 9.17) is 0 Å². The van der Waals surface area contributed by atoms with Crippen LogP contribution in [-0.2, 0) is 0 Å². The largest absolute Gasteiger partial charge is 0.387 e. The van der Waals surface area contributed by atoms with E-state index in [9.17, 15) is 0 Å². The van der Waals surface area contributed by atoms with Gasteiger partial charge in [0.15, 0.2) is 0 Å². The maximum Gasteiger partial charge on any atom is 0.0517 e. The fraction of sp³-hybridized carbons (Fsp3) is 0.533. The van der Waals surface area contributed by atoms with E-state index in [0.29, 0.717) is 11.8 Å².